The summed E-state index contributed by atoms with van der Waals surface area (Å²) >= 11 is 0. The number of urea groups is 1. The van der Waals surface area contributed by atoms with E-state index in [-0.39, 0.29) is 31.0 Å². The number of ether oxygens (including phenoxy) is 1. The van der Waals surface area contributed by atoms with Gasteiger partial charge in [-0.25, -0.2) is 9.59 Å². The van der Waals surface area contributed by atoms with Gasteiger partial charge in [0.1, 0.15) is 5.56 Å². The van der Waals surface area contributed by atoms with Crippen molar-refractivity contribution in [2.24, 2.45) is 0 Å². The molecule has 0 radical (unpaired) electrons. The monoisotopic (exact) mass is 352 g/mol. The number of rotatable bonds is 6. The average molecular weight is 352 g/mol. The maximum atomic E-state index is 12.0. The second-order valence-corrected chi connectivity index (χ2v) is 5.90. The number of piperidine rings is 1. The number of hydrogen-bond acceptors (Lipinski definition) is 5. The number of hydrogen-bond donors (Lipinski definition) is 2. The van der Waals surface area contributed by atoms with E-state index in [1.54, 1.807) is 11.8 Å². The average Bonchev–Trinajstić information content (AvgIpc) is 2.96. The first-order chi connectivity index (χ1) is 11.9. The van der Waals surface area contributed by atoms with E-state index in [2.05, 4.69) is 10.4 Å². The van der Waals surface area contributed by atoms with Crippen LogP contribution in [0.1, 0.15) is 48.3 Å². The van der Waals surface area contributed by atoms with Gasteiger partial charge in [0.05, 0.1) is 31.0 Å². The Morgan fingerprint density at radius 3 is 2.64 bits per heavy atom. The van der Waals surface area contributed by atoms with Crippen molar-refractivity contribution < 1.29 is 24.2 Å². The highest BCUT2D eigenvalue weighted by molar-refractivity contribution is 5.90. The third kappa shape index (κ3) is 4.71. The van der Waals surface area contributed by atoms with Crippen LogP contribution in [-0.2, 0) is 9.53 Å². The van der Waals surface area contributed by atoms with Gasteiger partial charge in [-0.15, -0.1) is 0 Å². The Labute approximate surface area is 145 Å². The molecule has 2 N–H and O–H groups in total. The summed E-state index contributed by atoms with van der Waals surface area (Å²) in [6.45, 7) is 5.14. The van der Waals surface area contributed by atoms with Crippen molar-refractivity contribution >= 4 is 18.0 Å². The third-order valence-electron chi connectivity index (χ3n) is 4.25. The number of carboxylic acid groups (broad SMARTS) is 1. The SMILES string of the molecule is CCOC(=O)c1cnn(C2CCN(C(=O)NCCC(=O)O)CC2)c1C. The maximum absolute atomic E-state index is 12.0. The van der Waals surface area contributed by atoms with E-state index < -0.39 is 5.97 Å². The normalized spacial score (nSPS) is 15.0. The molecule has 0 atom stereocenters. The van der Waals surface area contributed by atoms with Gasteiger partial charge in [-0.2, -0.15) is 5.10 Å². The molecule has 0 spiro atoms. The molecule has 1 fully saturated rings. The van der Waals surface area contributed by atoms with Crippen LogP contribution in [0.3, 0.4) is 0 Å². The van der Waals surface area contributed by atoms with E-state index in [4.69, 9.17) is 9.84 Å². The summed E-state index contributed by atoms with van der Waals surface area (Å²) in [4.78, 5) is 36.0. The van der Waals surface area contributed by atoms with Crippen molar-refractivity contribution in [2.45, 2.75) is 39.2 Å². The van der Waals surface area contributed by atoms with Gasteiger partial charge >= 0.3 is 18.0 Å². The lowest BCUT2D eigenvalue weighted by Crippen LogP contribution is -2.45. The molecule has 2 amide bonds. The quantitative estimate of drug-likeness (QED) is 0.744. The van der Waals surface area contributed by atoms with Crippen LogP contribution in [0.25, 0.3) is 0 Å². The molecule has 1 aromatic rings. The lowest BCUT2D eigenvalue weighted by molar-refractivity contribution is -0.136. The highest BCUT2D eigenvalue weighted by Gasteiger charge is 2.26. The Hall–Kier alpha value is -2.58. The van der Waals surface area contributed by atoms with Crippen LogP contribution in [0.4, 0.5) is 4.79 Å². The first-order valence-electron chi connectivity index (χ1n) is 8.39. The van der Waals surface area contributed by atoms with Crippen molar-refractivity contribution in [3.63, 3.8) is 0 Å². The van der Waals surface area contributed by atoms with Gasteiger partial charge in [-0.1, -0.05) is 0 Å². The molecule has 9 nitrogen and oxygen atoms in total. The number of esters is 1. The largest absolute Gasteiger partial charge is 0.481 e. The minimum absolute atomic E-state index is 0.0919. The van der Waals surface area contributed by atoms with E-state index in [1.165, 1.54) is 6.20 Å². The molecule has 0 saturated carbocycles. The first kappa shape index (κ1) is 18.8. The highest BCUT2D eigenvalue weighted by Crippen LogP contribution is 2.24. The van der Waals surface area contributed by atoms with Crippen LogP contribution in [0.15, 0.2) is 6.20 Å². The predicted molar refractivity (Wildman–Crippen MR) is 88.4 cm³/mol. The molecule has 1 saturated heterocycles. The molecule has 1 aliphatic rings. The van der Waals surface area contributed by atoms with Crippen molar-refractivity contribution in [3.05, 3.63) is 17.5 Å². The molecule has 0 aromatic carbocycles. The Balaban J connectivity index is 1.89. The van der Waals surface area contributed by atoms with E-state index in [9.17, 15) is 14.4 Å². The zero-order valence-corrected chi connectivity index (χ0v) is 14.5. The number of aromatic nitrogens is 2. The van der Waals surface area contributed by atoms with Crippen molar-refractivity contribution in [2.75, 3.05) is 26.2 Å². The molecule has 2 heterocycles. The summed E-state index contributed by atoms with van der Waals surface area (Å²) in [5.74, 6) is -1.31. The molecule has 0 bridgehead atoms. The third-order valence-corrected chi connectivity index (χ3v) is 4.25. The molecule has 0 aliphatic carbocycles. The van der Waals surface area contributed by atoms with Crippen LogP contribution < -0.4 is 5.32 Å². The van der Waals surface area contributed by atoms with Gasteiger partial charge in [-0.3, -0.25) is 9.48 Å². The van der Waals surface area contributed by atoms with Gasteiger partial charge in [0, 0.05) is 19.6 Å². The number of carboxylic acids is 1. The first-order valence-corrected chi connectivity index (χ1v) is 8.39. The number of nitrogens with one attached hydrogen (secondary N) is 1. The predicted octanol–water partition coefficient (Wildman–Crippen LogP) is 1.19. The smallest absolute Gasteiger partial charge is 0.341 e. The maximum Gasteiger partial charge on any atom is 0.341 e. The van der Waals surface area contributed by atoms with Gasteiger partial charge in [0.15, 0.2) is 0 Å². The summed E-state index contributed by atoms with van der Waals surface area (Å²) in [5.41, 5.74) is 1.23. The van der Waals surface area contributed by atoms with Crippen molar-refractivity contribution in [3.8, 4) is 0 Å². The number of amides is 2. The van der Waals surface area contributed by atoms with Gasteiger partial charge in [0.25, 0.3) is 0 Å². The van der Waals surface area contributed by atoms with Crippen LogP contribution >= 0.6 is 0 Å². The van der Waals surface area contributed by atoms with E-state index >= 15 is 0 Å². The van der Waals surface area contributed by atoms with Gasteiger partial charge < -0.3 is 20.1 Å². The van der Waals surface area contributed by atoms with Gasteiger partial charge in [-0.05, 0) is 26.7 Å². The number of carbonyl (C=O) groups excluding carboxylic acids is 2. The lowest BCUT2D eigenvalue weighted by Gasteiger charge is -2.32. The minimum Gasteiger partial charge on any atom is -0.481 e. The highest BCUT2D eigenvalue weighted by atomic mass is 16.5. The van der Waals surface area contributed by atoms with Crippen molar-refractivity contribution in [1.29, 1.82) is 0 Å². The fourth-order valence-corrected chi connectivity index (χ4v) is 2.90. The Kier molecular flexibility index (Phi) is 6.37. The zero-order chi connectivity index (χ0) is 18.4. The fourth-order valence-electron chi connectivity index (χ4n) is 2.90. The zero-order valence-electron chi connectivity index (χ0n) is 14.5. The molecule has 9 heteroatoms. The second kappa shape index (κ2) is 8.50. The summed E-state index contributed by atoms with van der Waals surface area (Å²) < 4.78 is 6.84. The number of nitrogens with zero attached hydrogens (tertiary/aromatic N) is 3. The van der Waals surface area contributed by atoms with E-state index in [1.807, 2.05) is 11.6 Å². The molecule has 1 aromatic heterocycles. The van der Waals surface area contributed by atoms with Crippen LogP contribution in [-0.4, -0.2) is 64.0 Å². The summed E-state index contributed by atoms with van der Waals surface area (Å²) in [7, 11) is 0. The molecular weight excluding hydrogens is 328 g/mol. The summed E-state index contributed by atoms with van der Waals surface area (Å²) in [5, 5.41) is 15.5. The number of aliphatic carboxylic acids is 1. The van der Waals surface area contributed by atoms with Gasteiger partial charge in [0.2, 0.25) is 0 Å². The number of likely N-dealkylation sites (tertiary alicyclic amines) is 1. The van der Waals surface area contributed by atoms with Crippen molar-refractivity contribution in [1.82, 2.24) is 20.0 Å². The van der Waals surface area contributed by atoms with E-state index in [0.29, 0.717) is 25.3 Å². The fraction of sp³-hybridized carbons (Fsp3) is 0.625. The van der Waals surface area contributed by atoms with Crippen LogP contribution in [0.2, 0.25) is 0 Å². The second-order valence-electron chi connectivity index (χ2n) is 5.90. The summed E-state index contributed by atoms with van der Waals surface area (Å²) in [6, 6.07) is -0.129. The molecule has 1 aliphatic heterocycles. The summed E-state index contributed by atoms with van der Waals surface area (Å²) in [6.07, 6.45) is 2.87. The molecular formula is C16H24N4O5. The Morgan fingerprint density at radius 2 is 2.04 bits per heavy atom. The topological polar surface area (TPSA) is 114 Å². The Morgan fingerprint density at radius 1 is 1.36 bits per heavy atom. The molecule has 2 rings (SSSR count). The van der Waals surface area contributed by atoms with Crippen LogP contribution in [0.5, 0.6) is 0 Å². The molecule has 138 valence electrons. The standard InChI is InChI=1S/C16H24N4O5/c1-3-25-15(23)13-10-18-20(11(13)2)12-5-8-19(9-6-12)16(24)17-7-4-14(21)22/h10,12H,3-9H2,1-2H3,(H,17,24)(H,21,22). The lowest BCUT2D eigenvalue weighted by atomic mass is 10.1. The molecule has 25 heavy (non-hydrogen) atoms. The minimum atomic E-state index is -0.939. The van der Waals surface area contributed by atoms with Crippen LogP contribution in [0, 0.1) is 6.92 Å². The molecule has 0 unspecified atom stereocenters. The Bertz CT molecular complexity index is 634. The van der Waals surface area contributed by atoms with E-state index in [0.717, 1.165) is 18.5 Å². The number of carbonyl (C=O) groups is 3.